The largest absolute Gasteiger partial charge is 0.497 e. The van der Waals surface area contributed by atoms with Gasteiger partial charge in [-0.2, -0.15) is 10.4 Å². The van der Waals surface area contributed by atoms with Crippen LogP contribution in [0.1, 0.15) is 47.1 Å². The summed E-state index contributed by atoms with van der Waals surface area (Å²) < 4.78 is 5.13. The molecule has 1 fully saturated rings. The van der Waals surface area contributed by atoms with Crippen LogP contribution in [-0.2, 0) is 11.2 Å². The summed E-state index contributed by atoms with van der Waals surface area (Å²) in [6.45, 7) is 0. The van der Waals surface area contributed by atoms with Crippen molar-refractivity contribution in [2.45, 2.75) is 31.1 Å². The van der Waals surface area contributed by atoms with E-state index < -0.39 is 0 Å². The Labute approximate surface area is 169 Å². The minimum Gasteiger partial charge on any atom is -0.497 e. The molecule has 0 atom stereocenters. The zero-order chi connectivity index (χ0) is 20.2. The number of nitrogens with zero attached hydrogens (tertiary/aromatic N) is 2. The molecule has 0 unspecified atom stereocenters. The summed E-state index contributed by atoms with van der Waals surface area (Å²) in [7, 11) is 1.62. The molecular weight excluding hydrogens is 364 g/mol. The van der Waals surface area contributed by atoms with Crippen LogP contribution in [0.3, 0.4) is 0 Å². The molecule has 2 aromatic carbocycles. The van der Waals surface area contributed by atoms with Gasteiger partial charge in [-0.3, -0.25) is 9.89 Å². The maximum atomic E-state index is 12.3. The Morgan fingerprint density at radius 3 is 2.55 bits per heavy atom. The lowest BCUT2D eigenvalue weighted by Gasteiger charge is -2.34. The van der Waals surface area contributed by atoms with Crippen LogP contribution < -0.4 is 10.1 Å². The van der Waals surface area contributed by atoms with Gasteiger partial charge in [0, 0.05) is 12.0 Å². The zero-order valence-corrected chi connectivity index (χ0v) is 16.2. The number of nitrogens with one attached hydrogen (secondary N) is 2. The number of carbonyl (C=O) groups excluding carboxylic acids is 1. The van der Waals surface area contributed by atoms with Crippen LogP contribution in [0, 0.1) is 11.3 Å². The first-order valence-corrected chi connectivity index (χ1v) is 9.62. The predicted octanol–water partition coefficient (Wildman–Crippen LogP) is 4.13. The van der Waals surface area contributed by atoms with Crippen molar-refractivity contribution in [1.29, 1.82) is 5.26 Å². The van der Waals surface area contributed by atoms with Crippen molar-refractivity contribution in [2.24, 2.45) is 0 Å². The molecule has 0 bridgehead atoms. The van der Waals surface area contributed by atoms with Gasteiger partial charge in [0.15, 0.2) is 0 Å². The molecule has 1 aliphatic rings. The molecule has 2 N–H and O–H groups in total. The van der Waals surface area contributed by atoms with Crippen molar-refractivity contribution in [2.75, 3.05) is 12.4 Å². The standard InChI is InChI=1S/C23H22N4O2/c1-29-20-8-4-15(5-9-20)10-23(28)25-22-13-21(26-27-22)19-11-18(12-19)17-6-2-16(14-24)3-7-17/h2-9,13,18-19H,10-12H2,1H3,(H2,25,26,27,28)/t18-,19+. The van der Waals surface area contributed by atoms with E-state index in [4.69, 9.17) is 10.00 Å². The van der Waals surface area contributed by atoms with Gasteiger partial charge in [0.05, 0.1) is 30.9 Å². The third kappa shape index (κ3) is 4.30. The summed E-state index contributed by atoms with van der Waals surface area (Å²) in [5.74, 6) is 2.19. The van der Waals surface area contributed by atoms with Gasteiger partial charge in [0.25, 0.3) is 0 Å². The molecular formula is C23H22N4O2. The van der Waals surface area contributed by atoms with E-state index in [1.54, 1.807) is 7.11 Å². The van der Waals surface area contributed by atoms with Gasteiger partial charge < -0.3 is 10.1 Å². The van der Waals surface area contributed by atoms with Gasteiger partial charge in [0.2, 0.25) is 5.91 Å². The first-order valence-electron chi connectivity index (χ1n) is 9.62. The number of carbonyl (C=O) groups is 1. The van der Waals surface area contributed by atoms with Crippen LogP contribution in [0.2, 0.25) is 0 Å². The summed E-state index contributed by atoms with van der Waals surface area (Å²) in [5.41, 5.74) is 3.86. The number of nitriles is 1. The van der Waals surface area contributed by atoms with Crippen LogP contribution >= 0.6 is 0 Å². The SMILES string of the molecule is COc1ccc(CC(=O)Nc2cc([C@H]3C[C@@H](c4ccc(C#N)cc4)C3)n[nH]2)cc1. The predicted molar refractivity (Wildman–Crippen MR) is 110 cm³/mol. The summed E-state index contributed by atoms with van der Waals surface area (Å²) in [6.07, 6.45) is 2.34. The lowest BCUT2D eigenvalue weighted by atomic mass is 9.70. The molecule has 1 heterocycles. The Balaban J connectivity index is 1.29. The van der Waals surface area contributed by atoms with E-state index >= 15 is 0 Å². The number of amides is 1. The van der Waals surface area contributed by atoms with Crippen molar-refractivity contribution in [1.82, 2.24) is 10.2 Å². The summed E-state index contributed by atoms with van der Waals surface area (Å²) >= 11 is 0. The number of benzene rings is 2. The highest BCUT2D eigenvalue weighted by atomic mass is 16.5. The van der Waals surface area contributed by atoms with Crippen molar-refractivity contribution >= 4 is 11.7 Å². The molecule has 4 rings (SSSR count). The van der Waals surface area contributed by atoms with Crippen LogP contribution in [0.15, 0.2) is 54.6 Å². The Morgan fingerprint density at radius 1 is 1.17 bits per heavy atom. The topological polar surface area (TPSA) is 90.8 Å². The van der Waals surface area contributed by atoms with Crippen LogP contribution in [0.5, 0.6) is 5.75 Å². The molecule has 0 radical (unpaired) electrons. The lowest BCUT2D eigenvalue weighted by Crippen LogP contribution is -2.20. The molecule has 1 aromatic heterocycles. The highest BCUT2D eigenvalue weighted by molar-refractivity contribution is 5.91. The fraction of sp³-hybridized carbons (Fsp3) is 0.261. The van der Waals surface area contributed by atoms with Crippen molar-refractivity contribution < 1.29 is 9.53 Å². The Morgan fingerprint density at radius 2 is 1.90 bits per heavy atom. The number of hydrogen-bond acceptors (Lipinski definition) is 4. The molecule has 0 aliphatic heterocycles. The van der Waals surface area contributed by atoms with Gasteiger partial charge in [-0.25, -0.2) is 0 Å². The van der Waals surface area contributed by atoms with Crippen LogP contribution in [0.25, 0.3) is 0 Å². The number of ether oxygens (including phenoxy) is 1. The number of anilines is 1. The number of H-pyrrole nitrogens is 1. The van der Waals surface area contributed by atoms with E-state index in [0.717, 1.165) is 29.8 Å². The Hall–Kier alpha value is -3.59. The van der Waals surface area contributed by atoms with Gasteiger partial charge in [0.1, 0.15) is 11.6 Å². The maximum absolute atomic E-state index is 12.3. The molecule has 1 aliphatic carbocycles. The number of aromatic amines is 1. The van der Waals surface area contributed by atoms with Crippen molar-refractivity contribution in [3.8, 4) is 11.8 Å². The summed E-state index contributed by atoms with van der Waals surface area (Å²) in [5, 5.41) is 19.1. The van der Waals surface area contributed by atoms with Gasteiger partial charge in [-0.05, 0) is 54.2 Å². The van der Waals surface area contributed by atoms with E-state index in [0.29, 0.717) is 29.6 Å². The zero-order valence-electron chi connectivity index (χ0n) is 16.2. The average molecular weight is 386 g/mol. The Kier molecular flexibility index (Phi) is 5.30. The van der Waals surface area contributed by atoms with Gasteiger partial charge in [-0.1, -0.05) is 24.3 Å². The van der Waals surface area contributed by atoms with Crippen LogP contribution in [-0.4, -0.2) is 23.2 Å². The molecule has 6 heteroatoms. The quantitative estimate of drug-likeness (QED) is 0.666. The summed E-state index contributed by atoms with van der Waals surface area (Å²) in [4.78, 5) is 12.3. The maximum Gasteiger partial charge on any atom is 0.229 e. The highest BCUT2D eigenvalue weighted by Gasteiger charge is 2.33. The Bertz CT molecular complexity index is 1030. The number of rotatable bonds is 6. The first kappa shape index (κ1) is 18.8. The van der Waals surface area contributed by atoms with Crippen molar-refractivity contribution in [3.05, 3.63) is 77.0 Å². The molecule has 146 valence electrons. The third-order valence-corrected chi connectivity index (χ3v) is 5.46. The fourth-order valence-corrected chi connectivity index (χ4v) is 3.69. The lowest BCUT2D eigenvalue weighted by molar-refractivity contribution is -0.115. The number of methoxy groups -OCH3 is 1. The number of aromatic nitrogens is 2. The fourth-order valence-electron chi connectivity index (χ4n) is 3.69. The van der Waals surface area contributed by atoms with E-state index in [9.17, 15) is 4.79 Å². The molecule has 6 nitrogen and oxygen atoms in total. The molecule has 3 aromatic rings. The van der Waals surface area contributed by atoms with Crippen LogP contribution in [0.4, 0.5) is 5.82 Å². The smallest absolute Gasteiger partial charge is 0.229 e. The van der Waals surface area contributed by atoms with E-state index in [1.165, 1.54) is 5.56 Å². The van der Waals surface area contributed by atoms with Gasteiger partial charge >= 0.3 is 0 Å². The van der Waals surface area contributed by atoms with E-state index in [2.05, 4.69) is 21.6 Å². The van der Waals surface area contributed by atoms with E-state index in [-0.39, 0.29) is 5.91 Å². The first-order chi connectivity index (χ1) is 14.1. The minimum atomic E-state index is -0.0885. The molecule has 1 amide bonds. The molecule has 29 heavy (non-hydrogen) atoms. The average Bonchev–Trinajstić information content (AvgIpc) is 3.15. The third-order valence-electron chi connectivity index (χ3n) is 5.46. The summed E-state index contributed by atoms with van der Waals surface area (Å²) in [6, 6.07) is 19.3. The van der Waals surface area contributed by atoms with Crippen molar-refractivity contribution in [3.63, 3.8) is 0 Å². The normalized spacial score (nSPS) is 17.8. The molecule has 1 saturated carbocycles. The second kappa shape index (κ2) is 8.19. The minimum absolute atomic E-state index is 0.0885. The van der Waals surface area contributed by atoms with E-state index in [1.807, 2.05) is 54.6 Å². The van der Waals surface area contributed by atoms with Gasteiger partial charge in [-0.15, -0.1) is 0 Å². The second-order valence-electron chi connectivity index (χ2n) is 7.38. The second-order valence-corrected chi connectivity index (χ2v) is 7.38. The molecule has 0 spiro atoms. The monoisotopic (exact) mass is 386 g/mol. The molecule has 0 saturated heterocycles. The highest BCUT2D eigenvalue weighted by Crippen LogP contribution is 2.47. The number of hydrogen-bond donors (Lipinski definition) is 2.